The number of fused-ring (bicyclic) bond motifs is 1. The van der Waals surface area contributed by atoms with E-state index in [1.165, 1.54) is 16.7 Å². The molecule has 0 aliphatic carbocycles. The third-order valence-corrected chi connectivity index (χ3v) is 4.58. The van der Waals surface area contributed by atoms with Crippen LogP contribution in [-0.2, 0) is 17.8 Å². The summed E-state index contributed by atoms with van der Waals surface area (Å²) in [6, 6.07) is 12.5. The molecule has 0 amide bonds. The van der Waals surface area contributed by atoms with Crippen LogP contribution < -0.4 is 0 Å². The second-order valence-corrected chi connectivity index (χ2v) is 6.36. The highest BCUT2D eigenvalue weighted by Crippen LogP contribution is 2.23. The van der Waals surface area contributed by atoms with Gasteiger partial charge in [0, 0.05) is 11.8 Å². The minimum atomic E-state index is -0.768. The predicted molar refractivity (Wildman–Crippen MR) is 95.4 cm³/mol. The van der Waals surface area contributed by atoms with Crippen LogP contribution in [0.25, 0.3) is 10.9 Å². The number of aliphatic carboxylic acids is 1. The fraction of sp³-hybridized carbons (Fsp3) is 0.300. The average Bonchev–Trinajstić information content (AvgIpc) is 2.85. The molecule has 0 saturated heterocycles. The quantitative estimate of drug-likeness (QED) is 0.771. The van der Waals surface area contributed by atoms with E-state index in [9.17, 15) is 4.79 Å². The molecule has 1 N–H and O–H groups in total. The number of carboxylic acid groups (broad SMARTS) is 1. The Morgan fingerprint density at radius 3 is 2.50 bits per heavy atom. The zero-order chi connectivity index (χ0) is 17.3. The highest BCUT2D eigenvalue weighted by Gasteiger charge is 2.11. The van der Waals surface area contributed by atoms with Crippen molar-refractivity contribution in [3.63, 3.8) is 0 Å². The van der Waals surface area contributed by atoms with Crippen molar-refractivity contribution in [3.8, 4) is 0 Å². The zero-order valence-corrected chi connectivity index (χ0v) is 14.3. The van der Waals surface area contributed by atoms with Crippen LogP contribution in [0.5, 0.6) is 0 Å². The normalized spacial score (nSPS) is 11.1. The van der Waals surface area contributed by atoms with Crippen LogP contribution >= 0.6 is 0 Å². The molecule has 124 valence electrons. The van der Waals surface area contributed by atoms with Crippen LogP contribution in [0.1, 0.15) is 34.4 Å². The Hall–Kier alpha value is -2.62. The molecule has 3 rings (SSSR count). The lowest BCUT2D eigenvalue weighted by Crippen LogP contribution is -2.05. The van der Waals surface area contributed by atoms with Gasteiger partial charge in [0.25, 0.3) is 0 Å². The van der Waals surface area contributed by atoms with Gasteiger partial charge in [0.2, 0.25) is 0 Å². The molecule has 4 heteroatoms. The van der Waals surface area contributed by atoms with E-state index in [0.29, 0.717) is 6.42 Å². The molecule has 0 unspecified atom stereocenters. The van der Waals surface area contributed by atoms with Crippen molar-refractivity contribution in [2.24, 2.45) is 0 Å². The molecule has 0 aliphatic rings. The van der Waals surface area contributed by atoms with E-state index in [1.54, 1.807) is 0 Å². The molecule has 0 spiro atoms. The summed E-state index contributed by atoms with van der Waals surface area (Å²) >= 11 is 0. The molecule has 0 fully saturated rings. The van der Waals surface area contributed by atoms with Gasteiger partial charge in [0.1, 0.15) is 0 Å². The highest BCUT2D eigenvalue weighted by molar-refractivity contribution is 5.82. The van der Waals surface area contributed by atoms with Crippen LogP contribution in [0.4, 0.5) is 0 Å². The number of aryl methyl sites for hydroxylation is 4. The molecule has 3 aromatic rings. The molecular formula is C20H22N2O2. The maximum Gasteiger partial charge on any atom is 0.303 e. The van der Waals surface area contributed by atoms with Crippen molar-refractivity contribution in [1.29, 1.82) is 0 Å². The van der Waals surface area contributed by atoms with E-state index in [4.69, 9.17) is 10.2 Å². The summed E-state index contributed by atoms with van der Waals surface area (Å²) in [6.07, 6.45) is 0.689. The molecular weight excluding hydrogens is 300 g/mol. The van der Waals surface area contributed by atoms with Gasteiger partial charge < -0.3 is 5.11 Å². The van der Waals surface area contributed by atoms with E-state index in [0.717, 1.165) is 28.7 Å². The first-order valence-electron chi connectivity index (χ1n) is 8.18. The van der Waals surface area contributed by atoms with Crippen LogP contribution in [-0.4, -0.2) is 20.9 Å². The van der Waals surface area contributed by atoms with Gasteiger partial charge in [-0.1, -0.05) is 30.3 Å². The van der Waals surface area contributed by atoms with Gasteiger partial charge in [-0.3, -0.25) is 9.48 Å². The SMILES string of the molecule is Cc1cccc(C)c1Cn1nc(C)c2ccc(CCC(=O)O)cc21. The average molecular weight is 322 g/mol. The fourth-order valence-corrected chi connectivity index (χ4v) is 3.16. The number of carbonyl (C=O) groups is 1. The van der Waals surface area contributed by atoms with Gasteiger partial charge >= 0.3 is 5.97 Å². The number of rotatable bonds is 5. The highest BCUT2D eigenvalue weighted by atomic mass is 16.4. The monoisotopic (exact) mass is 322 g/mol. The number of benzene rings is 2. The van der Waals surface area contributed by atoms with Crippen LogP contribution in [0.15, 0.2) is 36.4 Å². The Kier molecular flexibility index (Phi) is 4.38. The summed E-state index contributed by atoms with van der Waals surface area (Å²) in [5.41, 5.74) is 6.92. The molecule has 0 aliphatic heterocycles. The maximum atomic E-state index is 10.8. The topological polar surface area (TPSA) is 55.1 Å². The Balaban J connectivity index is 2.01. The lowest BCUT2D eigenvalue weighted by Gasteiger charge is -2.11. The molecule has 0 atom stereocenters. The smallest absolute Gasteiger partial charge is 0.303 e. The first kappa shape index (κ1) is 16.2. The molecule has 1 aromatic heterocycles. The van der Waals surface area contributed by atoms with Gasteiger partial charge in [-0.15, -0.1) is 0 Å². The predicted octanol–water partition coefficient (Wildman–Crippen LogP) is 4.03. The Labute approximate surface area is 141 Å². The minimum Gasteiger partial charge on any atom is -0.481 e. The molecule has 2 aromatic carbocycles. The fourth-order valence-electron chi connectivity index (χ4n) is 3.16. The van der Waals surface area contributed by atoms with Crippen molar-refractivity contribution in [2.75, 3.05) is 0 Å². The maximum absolute atomic E-state index is 10.8. The third-order valence-electron chi connectivity index (χ3n) is 4.58. The number of aromatic nitrogens is 2. The third kappa shape index (κ3) is 3.18. The van der Waals surface area contributed by atoms with Crippen molar-refractivity contribution in [2.45, 2.75) is 40.2 Å². The van der Waals surface area contributed by atoms with Crippen molar-refractivity contribution >= 4 is 16.9 Å². The van der Waals surface area contributed by atoms with Crippen molar-refractivity contribution in [3.05, 3.63) is 64.3 Å². The molecule has 1 heterocycles. The summed E-state index contributed by atoms with van der Waals surface area (Å²) in [7, 11) is 0. The Bertz CT molecular complexity index is 889. The minimum absolute atomic E-state index is 0.148. The molecule has 4 nitrogen and oxygen atoms in total. The van der Waals surface area contributed by atoms with Crippen LogP contribution in [0.3, 0.4) is 0 Å². The molecule has 0 bridgehead atoms. The summed E-state index contributed by atoms with van der Waals surface area (Å²) in [5, 5.41) is 14.7. The summed E-state index contributed by atoms with van der Waals surface area (Å²) in [5.74, 6) is -0.768. The second-order valence-electron chi connectivity index (χ2n) is 6.36. The Morgan fingerprint density at radius 1 is 1.12 bits per heavy atom. The lowest BCUT2D eigenvalue weighted by molar-refractivity contribution is -0.136. The Morgan fingerprint density at radius 2 is 1.83 bits per heavy atom. The number of hydrogen-bond donors (Lipinski definition) is 1. The van der Waals surface area contributed by atoms with Gasteiger partial charge in [-0.2, -0.15) is 5.10 Å². The zero-order valence-electron chi connectivity index (χ0n) is 14.3. The van der Waals surface area contributed by atoms with Gasteiger partial charge in [0.05, 0.1) is 17.8 Å². The molecule has 0 saturated carbocycles. The van der Waals surface area contributed by atoms with E-state index in [2.05, 4.69) is 44.2 Å². The lowest BCUT2D eigenvalue weighted by atomic mass is 10.0. The van der Waals surface area contributed by atoms with E-state index in [-0.39, 0.29) is 6.42 Å². The van der Waals surface area contributed by atoms with E-state index < -0.39 is 5.97 Å². The van der Waals surface area contributed by atoms with E-state index >= 15 is 0 Å². The summed E-state index contributed by atoms with van der Waals surface area (Å²) < 4.78 is 2.03. The van der Waals surface area contributed by atoms with Crippen molar-refractivity contribution in [1.82, 2.24) is 9.78 Å². The molecule has 24 heavy (non-hydrogen) atoms. The van der Waals surface area contributed by atoms with Gasteiger partial charge in [-0.05, 0) is 55.5 Å². The number of hydrogen-bond acceptors (Lipinski definition) is 2. The standard InChI is InChI=1S/C20H22N2O2/c1-13-5-4-6-14(2)18(13)12-22-19-11-16(8-10-20(23)24)7-9-17(19)15(3)21-22/h4-7,9,11H,8,10,12H2,1-3H3,(H,23,24). The largest absolute Gasteiger partial charge is 0.481 e. The summed E-state index contributed by atoms with van der Waals surface area (Å²) in [6.45, 7) is 6.99. The number of carboxylic acids is 1. The summed E-state index contributed by atoms with van der Waals surface area (Å²) in [4.78, 5) is 10.8. The van der Waals surface area contributed by atoms with E-state index in [1.807, 2.05) is 17.7 Å². The van der Waals surface area contributed by atoms with Gasteiger partial charge in [0.15, 0.2) is 0 Å². The van der Waals surface area contributed by atoms with Crippen LogP contribution in [0, 0.1) is 20.8 Å². The number of nitrogens with zero attached hydrogens (tertiary/aromatic N) is 2. The van der Waals surface area contributed by atoms with Gasteiger partial charge in [-0.25, -0.2) is 0 Å². The molecule has 0 radical (unpaired) electrons. The van der Waals surface area contributed by atoms with Crippen molar-refractivity contribution < 1.29 is 9.90 Å². The van der Waals surface area contributed by atoms with Crippen LogP contribution in [0.2, 0.25) is 0 Å². The first-order chi connectivity index (χ1) is 11.5. The second kappa shape index (κ2) is 6.48. The first-order valence-corrected chi connectivity index (χ1v) is 8.18.